The normalized spacial score (nSPS) is 18.7. The van der Waals surface area contributed by atoms with Crippen molar-refractivity contribution in [3.05, 3.63) is 42.2 Å². The number of carboxylic acid groups (broad SMARTS) is 1. The van der Waals surface area contributed by atoms with Crippen LogP contribution in [0, 0.1) is 11.3 Å². The molecule has 0 amide bonds. The van der Waals surface area contributed by atoms with E-state index in [4.69, 9.17) is 10.4 Å². The summed E-state index contributed by atoms with van der Waals surface area (Å²) in [5.74, 6) is -0.834. The molecule has 1 aliphatic heterocycles. The van der Waals surface area contributed by atoms with Crippen LogP contribution < -0.4 is 0 Å². The molecule has 1 aromatic heterocycles. The van der Waals surface area contributed by atoms with E-state index in [1.165, 1.54) is 6.20 Å². The molecule has 6 heteroatoms. The molecule has 1 aliphatic rings. The lowest BCUT2D eigenvalue weighted by Gasteiger charge is -2.11. The molecule has 2 rings (SSSR count). The van der Waals surface area contributed by atoms with Gasteiger partial charge in [0.15, 0.2) is 0 Å². The van der Waals surface area contributed by atoms with Gasteiger partial charge in [-0.2, -0.15) is 5.26 Å². The lowest BCUT2D eigenvalue weighted by Crippen LogP contribution is -2.29. The molecule has 0 unspecified atom stereocenters. The topological polar surface area (TPSA) is 77.2 Å². The lowest BCUT2D eigenvalue weighted by molar-refractivity contribution is -0.139. The Kier molecular flexibility index (Phi) is 5.49. The van der Waals surface area contributed by atoms with Gasteiger partial charge in [-0.1, -0.05) is 6.58 Å². The van der Waals surface area contributed by atoms with Gasteiger partial charge in [-0.15, -0.1) is 0 Å². The molecule has 18 heavy (non-hydrogen) atoms. The largest absolute Gasteiger partial charge is 0.480 e. The highest BCUT2D eigenvalue weighted by Crippen LogP contribution is 2.24. The molecule has 0 bridgehead atoms. The zero-order chi connectivity index (χ0) is 13.5. The third-order valence-electron chi connectivity index (χ3n) is 2.34. The first-order chi connectivity index (χ1) is 8.56. The molecule has 94 valence electrons. The fraction of sp³-hybridized carbons (Fsp3) is 0.250. The summed E-state index contributed by atoms with van der Waals surface area (Å²) in [7, 11) is 0. The standard InChI is InChI=1S/C6H8BrNO2.C6H4N2/c1-4-2-3-8(7)5(4)6(9)10;7-4-6-2-1-3-8-5-6/h5H,1-3H2,(H,9,10);1-3,5H/t5-;/m0./s1. The van der Waals surface area contributed by atoms with Crippen LogP contribution in [0.5, 0.6) is 0 Å². The summed E-state index contributed by atoms with van der Waals surface area (Å²) in [4.78, 5) is 14.2. The van der Waals surface area contributed by atoms with Crippen molar-refractivity contribution in [2.75, 3.05) is 6.54 Å². The lowest BCUT2D eigenvalue weighted by atomic mass is 10.1. The molecule has 0 aliphatic carbocycles. The second-order valence-electron chi connectivity index (χ2n) is 3.63. The summed E-state index contributed by atoms with van der Waals surface area (Å²) >= 11 is 3.14. The van der Waals surface area contributed by atoms with E-state index in [9.17, 15) is 4.79 Å². The van der Waals surface area contributed by atoms with E-state index in [0.29, 0.717) is 5.56 Å². The summed E-state index contributed by atoms with van der Waals surface area (Å²) in [5, 5.41) is 16.9. The van der Waals surface area contributed by atoms with Gasteiger partial charge < -0.3 is 5.11 Å². The number of aromatic nitrogens is 1. The third kappa shape index (κ3) is 3.95. The number of carbonyl (C=O) groups is 1. The molecule has 0 radical (unpaired) electrons. The van der Waals surface area contributed by atoms with Crippen LogP contribution in [0.15, 0.2) is 36.7 Å². The summed E-state index contributed by atoms with van der Waals surface area (Å²) in [6.45, 7) is 4.39. The second kappa shape index (κ2) is 6.89. The zero-order valence-corrected chi connectivity index (χ0v) is 11.2. The van der Waals surface area contributed by atoms with Crippen molar-refractivity contribution in [2.45, 2.75) is 12.5 Å². The predicted octanol–water partition coefficient (Wildman–Crippen LogP) is 1.96. The molecule has 2 heterocycles. The first-order valence-electron chi connectivity index (χ1n) is 5.19. The van der Waals surface area contributed by atoms with Crippen LogP contribution in [0.3, 0.4) is 0 Å². The Labute approximate surface area is 114 Å². The highest BCUT2D eigenvalue weighted by Gasteiger charge is 2.31. The van der Waals surface area contributed by atoms with Gasteiger partial charge in [0.25, 0.3) is 0 Å². The van der Waals surface area contributed by atoms with Crippen molar-refractivity contribution in [3.8, 4) is 6.07 Å². The van der Waals surface area contributed by atoms with Gasteiger partial charge in [-0.05, 0) is 24.1 Å². The Balaban J connectivity index is 0.000000184. The minimum absolute atomic E-state index is 0.528. The number of nitriles is 1. The first kappa shape index (κ1) is 14.4. The van der Waals surface area contributed by atoms with E-state index >= 15 is 0 Å². The number of pyridine rings is 1. The first-order valence-corrected chi connectivity index (χ1v) is 5.90. The van der Waals surface area contributed by atoms with Crippen molar-refractivity contribution in [1.82, 2.24) is 8.91 Å². The van der Waals surface area contributed by atoms with E-state index in [-0.39, 0.29) is 0 Å². The highest BCUT2D eigenvalue weighted by atomic mass is 79.9. The van der Waals surface area contributed by atoms with Gasteiger partial charge in [0.05, 0.1) is 5.56 Å². The molecule has 0 aromatic carbocycles. The average molecular weight is 310 g/mol. The van der Waals surface area contributed by atoms with Crippen LogP contribution in [-0.4, -0.2) is 32.6 Å². The maximum absolute atomic E-state index is 10.5. The average Bonchev–Trinajstić information content (AvgIpc) is 2.71. The Morgan fingerprint density at radius 2 is 2.44 bits per heavy atom. The zero-order valence-electron chi connectivity index (χ0n) is 9.58. The molecule has 0 saturated carbocycles. The van der Waals surface area contributed by atoms with Gasteiger partial charge in [0.2, 0.25) is 0 Å². The number of aliphatic carboxylic acids is 1. The van der Waals surface area contributed by atoms with Crippen LogP contribution in [0.2, 0.25) is 0 Å². The molecular formula is C12H12BrN3O2. The smallest absolute Gasteiger partial charge is 0.326 e. The summed E-state index contributed by atoms with van der Waals surface area (Å²) in [6, 6.07) is 4.89. The molecule has 0 spiro atoms. The molecule has 1 saturated heterocycles. The quantitative estimate of drug-likeness (QED) is 0.634. The summed E-state index contributed by atoms with van der Waals surface area (Å²) in [5.41, 5.74) is 1.37. The van der Waals surface area contributed by atoms with E-state index in [1.54, 1.807) is 22.3 Å². The fourth-order valence-corrected chi connectivity index (χ4v) is 2.08. The molecule has 1 atom stereocenters. The maximum atomic E-state index is 10.5. The third-order valence-corrected chi connectivity index (χ3v) is 3.10. The van der Waals surface area contributed by atoms with Gasteiger partial charge in [-0.3, -0.25) is 9.78 Å². The summed E-state index contributed by atoms with van der Waals surface area (Å²) < 4.78 is 1.61. The Bertz CT molecular complexity index is 470. The molecular weight excluding hydrogens is 298 g/mol. The SMILES string of the molecule is C=C1CCN(Br)[C@@H]1C(=O)O.N#Cc1cccnc1. The summed E-state index contributed by atoms with van der Waals surface area (Å²) in [6.07, 6.45) is 3.93. The minimum Gasteiger partial charge on any atom is -0.480 e. The number of rotatable bonds is 1. The number of halogens is 1. The van der Waals surface area contributed by atoms with E-state index in [1.807, 2.05) is 6.07 Å². The fourth-order valence-electron chi connectivity index (χ4n) is 1.44. The highest BCUT2D eigenvalue weighted by molar-refractivity contribution is 9.07. The Hall–Kier alpha value is -1.71. The van der Waals surface area contributed by atoms with Crippen molar-refractivity contribution in [2.24, 2.45) is 0 Å². The van der Waals surface area contributed by atoms with Crippen LogP contribution in [0.4, 0.5) is 0 Å². The van der Waals surface area contributed by atoms with Gasteiger partial charge in [0.1, 0.15) is 12.1 Å². The molecule has 1 aromatic rings. The number of nitrogens with zero attached hydrogens (tertiary/aromatic N) is 3. The van der Waals surface area contributed by atoms with Crippen molar-refractivity contribution < 1.29 is 9.90 Å². The molecule has 1 N–H and O–H groups in total. The van der Waals surface area contributed by atoms with Crippen molar-refractivity contribution in [1.29, 1.82) is 5.26 Å². The van der Waals surface area contributed by atoms with Crippen LogP contribution >= 0.6 is 16.1 Å². The van der Waals surface area contributed by atoms with Crippen molar-refractivity contribution >= 4 is 22.1 Å². The van der Waals surface area contributed by atoms with Crippen molar-refractivity contribution in [3.63, 3.8) is 0 Å². The monoisotopic (exact) mass is 309 g/mol. The van der Waals surface area contributed by atoms with Gasteiger partial charge in [0, 0.05) is 35.1 Å². The number of hydrogen-bond acceptors (Lipinski definition) is 4. The van der Waals surface area contributed by atoms with Crippen LogP contribution in [0.1, 0.15) is 12.0 Å². The van der Waals surface area contributed by atoms with Crippen LogP contribution in [-0.2, 0) is 4.79 Å². The van der Waals surface area contributed by atoms with E-state index < -0.39 is 12.0 Å². The second-order valence-corrected chi connectivity index (χ2v) is 4.54. The molecule has 1 fully saturated rings. The van der Waals surface area contributed by atoms with E-state index in [0.717, 1.165) is 18.5 Å². The maximum Gasteiger partial charge on any atom is 0.326 e. The van der Waals surface area contributed by atoms with Gasteiger partial charge >= 0.3 is 5.97 Å². The van der Waals surface area contributed by atoms with Crippen LogP contribution in [0.25, 0.3) is 0 Å². The predicted molar refractivity (Wildman–Crippen MR) is 69.8 cm³/mol. The number of carboxylic acids is 1. The number of hydrogen-bond donors (Lipinski definition) is 1. The Morgan fingerprint density at radius 1 is 1.72 bits per heavy atom. The van der Waals surface area contributed by atoms with Gasteiger partial charge in [-0.25, -0.2) is 3.93 Å². The molecule has 5 nitrogen and oxygen atoms in total. The Morgan fingerprint density at radius 3 is 2.72 bits per heavy atom. The van der Waals surface area contributed by atoms with E-state index in [2.05, 4.69) is 27.7 Å². The minimum atomic E-state index is -0.834.